The average molecular weight is 370 g/mol. The molecule has 0 aromatic rings. The van der Waals surface area contributed by atoms with Crippen molar-refractivity contribution < 1.29 is 43.2 Å². The summed E-state index contributed by atoms with van der Waals surface area (Å²) in [4.78, 5) is 0. The smallest absolute Gasteiger partial charge is 1.00 e. The first kappa shape index (κ1) is 23.2. The van der Waals surface area contributed by atoms with E-state index in [2.05, 4.69) is 66.9 Å². The van der Waals surface area contributed by atoms with Crippen LogP contribution in [0, 0.1) is 0 Å². The van der Waals surface area contributed by atoms with Gasteiger partial charge in [0, 0.05) is 0 Å². The minimum absolute atomic E-state index is 0. The van der Waals surface area contributed by atoms with Crippen molar-refractivity contribution in [3.63, 3.8) is 0 Å². The second-order valence-corrected chi connectivity index (χ2v) is 17.2. The Morgan fingerprint density at radius 3 is 1.80 bits per heavy atom. The molecule has 1 aliphatic carbocycles. The third-order valence-corrected chi connectivity index (χ3v) is 10.1. The molecule has 0 radical (unpaired) electrons. The van der Waals surface area contributed by atoms with Crippen molar-refractivity contribution in [1.82, 2.24) is 5.32 Å². The quantitative estimate of drug-likeness (QED) is 0.558. The van der Waals surface area contributed by atoms with E-state index >= 15 is 0 Å². The van der Waals surface area contributed by atoms with Gasteiger partial charge in [-0.25, -0.2) is 0 Å². The Kier molecular flexibility index (Phi) is 9.27. The van der Waals surface area contributed by atoms with Crippen molar-refractivity contribution in [2.24, 2.45) is 0 Å². The molecule has 0 bridgehead atoms. The summed E-state index contributed by atoms with van der Waals surface area (Å²) >= 11 is 0.0894. The van der Waals surface area contributed by atoms with E-state index in [1.165, 1.54) is 5.57 Å². The van der Waals surface area contributed by atoms with Gasteiger partial charge in [0.2, 0.25) is 0 Å². The van der Waals surface area contributed by atoms with Gasteiger partial charge in [-0.3, -0.25) is 0 Å². The van der Waals surface area contributed by atoms with Crippen molar-refractivity contribution >= 4 is 6.66 Å². The van der Waals surface area contributed by atoms with Crippen molar-refractivity contribution in [3.8, 4) is 0 Å². The molecule has 0 saturated carbocycles. The first-order valence-corrected chi connectivity index (χ1v) is 13.3. The van der Waals surface area contributed by atoms with Crippen LogP contribution in [-0.4, -0.2) is 17.7 Å². The fourth-order valence-electron chi connectivity index (χ4n) is 2.85. The normalized spacial score (nSPS) is 22.7. The fourth-order valence-corrected chi connectivity index (χ4v) is 9.69. The van der Waals surface area contributed by atoms with Crippen LogP contribution in [0.2, 0.25) is 13.1 Å². The third kappa shape index (κ3) is 5.00. The molecule has 0 aliphatic heterocycles. The van der Waals surface area contributed by atoms with E-state index in [-0.39, 0.29) is 54.3 Å². The summed E-state index contributed by atoms with van der Waals surface area (Å²) in [5, 5.41) is 3.90. The number of rotatable bonds is 3. The molecule has 0 amide bonds. The Bertz CT molecular complexity index is 411. The van der Waals surface area contributed by atoms with Crippen molar-refractivity contribution in [1.29, 1.82) is 0 Å². The summed E-state index contributed by atoms with van der Waals surface area (Å²) in [7, 11) is 0. The van der Waals surface area contributed by atoms with Crippen LogP contribution in [0.5, 0.6) is 0 Å². The standard InChI is InChI=1S/C13H22N.C2H7Si.2ClH.Ti/c1-9-8-13(7,11(3)10(9)2)14-12(4,5)6;1-3-2;;;/h14H,1-7H3;3H,1-2H3;2*1H;/q;;;;+2/p-2. The largest absolute Gasteiger partial charge is 1.00 e. The molecule has 1 aliphatic rings. The first-order chi connectivity index (χ1) is 7.99. The minimum Gasteiger partial charge on any atom is -1.00 e. The van der Waals surface area contributed by atoms with Crippen LogP contribution < -0.4 is 30.1 Å². The van der Waals surface area contributed by atoms with Gasteiger partial charge in [-0.05, 0) is 0 Å². The topological polar surface area (TPSA) is 12.0 Å². The zero-order valence-electron chi connectivity index (χ0n) is 14.3. The predicted octanol–water partition coefficient (Wildman–Crippen LogP) is -2.17. The first-order valence-electron chi connectivity index (χ1n) is 6.94. The summed E-state index contributed by atoms with van der Waals surface area (Å²) in [6.07, 6.45) is 0. The molecule has 1 rings (SSSR count). The second kappa shape index (κ2) is 7.99. The molecule has 0 fully saturated rings. The molecule has 116 valence electrons. The Labute approximate surface area is 148 Å². The second-order valence-electron chi connectivity index (χ2n) is 7.05. The molecule has 1 unspecified atom stereocenters. The van der Waals surface area contributed by atoms with Crippen molar-refractivity contribution in [2.75, 3.05) is 0 Å². The molecule has 20 heavy (non-hydrogen) atoms. The number of hydrogen-bond acceptors (Lipinski definition) is 1. The molecule has 0 aromatic carbocycles. The summed E-state index contributed by atoms with van der Waals surface area (Å²) in [5.41, 5.74) is 4.96. The van der Waals surface area contributed by atoms with Gasteiger partial charge in [0.1, 0.15) is 0 Å². The van der Waals surface area contributed by atoms with Gasteiger partial charge in [0.15, 0.2) is 0 Å². The van der Waals surface area contributed by atoms with Crippen LogP contribution in [0.15, 0.2) is 20.6 Å². The van der Waals surface area contributed by atoms with Crippen LogP contribution >= 0.6 is 0 Å². The van der Waals surface area contributed by atoms with Crippen LogP contribution in [0.1, 0.15) is 48.5 Å². The maximum Gasteiger partial charge on any atom is -1.00 e. The van der Waals surface area contributed by atoms with Crippen LogP contribution in [0.4, 0.5) is 0 Å². The number of nitrogens with one attached hydrogen (secondary N) is 1. The SMILES string of the molecule is CC1=C(C)C(C)(NC(C)(C)C)[C]([Ti+2][SiH](C)C)=C1C.[Cl-].[Cl-]. The van der Waals surface area contributed by atoms with Gasteiger partial charge in [-0.15, -0.1) is 0 Å². The molecular weight excluding hydrogens is 341 g/mol. The van der Waals surface area contributed by atoms with Gasteiger partial charge < -0.3 is 24.8 Å². The van der Waals surface area contributed by atoms with Crippen LogP contribution in [0.3, 0.4) is 0 Å². The third-order valence-electron chi connectivity index (χ3n) is 3.81. The number of hydrogen-bond donors (Lipinski definition) is 1. The van der Waals surface area contributed by atoms with Gasteiger partial charge in [-0.1, -0.05) is 0 Å². The Balaban J connectivity index is 0. The molecule has 0 heterocycles. The Morgan fingerprint density at radius 1 is 1.00 bits per heavy atom. The van der Waals surface area contributed by atoms with Gasteiger partial charge in [0.25, 0.3) is 0 Å². The summed E-state index contributed by atoms with van der Waals surface area (Å²) < 4.78 is 1.77. The number of allylic oxidation sites excluding steroid dienone is 2. The molecular formula is C15H29Cl2NSiTi. The maximum absolute atomic E-state index is 3.90. The van der Waals surface area contributed by atoms with Crippen molar-refractivity contribution in [3.05, 3.63) is 20.6 Å². The van der Waals surface area contributed by atoms with Crippen LogP contribution in [0.25, 0.3) is 0 Å². The van der Waals surface area contributed by atoms with Crippen LogP contribution in [-0.2, 0) is 18.4 Å². The van der Waals surface area contributed by atoms with E-state index in [1.807, 2.05) is 0 Å². The molecule has 0 aromatic heterocycles. The van der Waals surface area contributed by atoms with E-state index in [0.717, 1.165) is 0 Å². The maximum atomic E-state index is 3.90. The Hall–Kier alpha value is 0.951. The van der Waals surface area contributed by atoms with Gasteiger partial charge in [0.05, 0.1) is 0 Å². The zero-order valence-corrected chi connectivity index (χ0v) is 18.6. The average Bonchev–Trinajstić information content (AvgIpc) is 2.31. The molecule has 1 nitrogen and oxygen atoms in total. The molecule has 1 N–H and O–H groups in total. The molecule has 0 spiro atoms. The summed E-state index contributed by atoms with van der Waals surface area (Å²) in [5.74, 6) is 0. The molecule has 1 atom stereocenters. The fraction of sp³-hybridized carbons (Fsp3) is 0.733. The zero-order chi connectivity index (χ0) is 14.3. The predicted molar refractivity (Wildman–Crippen MR) is 81.2 cm³/mol. The summed E-state index contributed by atoms with van der Waals surface area (Å²) in [6, 6.07) is 0. The monoisotopic (exact) mass is 369 g/mol. The van der Waals surface area contributed by atoms with Gasteiger partial charge in [-0.2, -0.15) is 0 Å². The van der Waals surface area contributed by atoms with E-state index in [0.29, 0.717) is 0 Å². The van der Waals surface area contributed by atoms with Gasteiger partial charge >= 0.3 is 124 Å². The molecule has 0 saturated heterocycles. The molecule has 5 heteroatoms. The van der Waals surface area contributed by atoms with Crippen molar-refractivity contribution in [2.45, 2.75) is 72.6 Å². The Morgan fingerprint density at radius 2 is 1.45 bits per heavy atom. The van der Waals surface area contributed by atoms with E-state index in [1.54, 1.807) is 15.0 Å². The van der Waals surface area contributed by atoms with E-state index in [9.17, 15) is 0 Å². The summed E-state index contributed by atoms with van der Waals surface area (Å²) in [6.45, 7) is 20.7. The minimum atomic E-state index is -0.466. The van der Waals surface area contributed by atoms with E-state index in [4.69, 9.17) is 0 Å². The number of halogens is 2. The van der Waals surface area contributed by atoms with E-state index < -0.39 is 6.66 Å².